The van der Waals surface area contributed by atoms with E-state index in [-0.39, 0.29) is 24.0 Å². The number of nitrogens with zero attached hydrogens (tertiary/aromatic N) is 3. The van der Waals surface area contributed by atoms with Crippen molar-refractivity contribution in [1.29, 1.82) is 0 Å². The largest absolute Gasteiger partial charge is 0.398 e. The molecule has 0 aliphatic carbocycles. The van der Waals surface area contributed by atoms with Gasteiger partial charge in [-0.1, -0.05) is 0 Å². The first kappa shape index (κ1) is 13.9. The molecule has 1 aromatic carbocycles. The maximum atomic E-state index is 12.1. The summed E-state index contributed by atoms with van der Waals surface area (Å²) in [5.74, 6) is 0. The van der Waals surface area contributed by atoms with Crippen molar-refractivity contribution in [3.05, 3.63) is 56.8 Å². The van der Waals surface area contributed by atoms with Gasteiger partial charge in [-0.05, 0) is 19.9 Å². The van der Waals surface area contributed by atoms with Crippen LogP contribution in [0.2, 0.25) is 0 Å². The highest BCUT2D eigenvalue weighted by Gasteiger charge is 2.12. The van der Waals surface area contributed by atoms with Crippen molar-refractivity contribution in [1.82, 2.24) is 9.13 Å². The van der Waals surface area contributed by atoms with Crippen LogP contribution in [0.5, 0.6) is 0 Å². The van der Waals surface area contributed by atoms with Crippen molar-refractivity contribution < 1.29 is 4.92 Å². The van der Waals surface area contributed by atoms with E-state index in [4.69, 9.17) is 5.73 Å². The van der Waals surface area contributed by atoms with E-state index < -0.39 is 4.92 Å². The third-order valence-corrected chi connectivity index (χ3v) is 3.11. The van der Waals surface area contributed by atoms with Crippen LogP contribution in [0.3, 0.4) is 0 Å². The zero-order valence-electron chi connectivity index (χ0n) is 11.3. The lowest BCUT2D eigenvalue weighted by atomic mass is 10.1. The van der Waals surface area contributed by atoms with Gasteiger partial charge in [-0.15, -0.1) is 0 Å². The first-order chi connectivity index (χ1) is 9.40. The average Bonchev–Trinajstić information content (AvgIpc) is 2.73. The molecule has 0 atom stereocenters. The zero-order valence-corrected chi connectivity index (χ0v) is 11.3. The summed E-state index contributed by atoms with van der Waals surface area (Å²) in [6, 6.07) is 4.29. The second kappa shape index (κ2) is 5.20. The normalized spacial score (nSPS) is 10.9. The second-order valence-electron chi connectivity index (χ2n) is 4.85. The van der Waals surface area contributed by atoms with E-state index in [0.29, 0.717) is 11.3 Å². The molecule has 0 aliphatic rings. The summed E-state index contributed by atoms with van der Waals surface area (Å²) >= 11 is 0. The van der Waals surface area contributed by atoms with Gasteiger partial charge in [-0.3, -0.25) is 19.2 Å². The zero-order chi connectivity index (χ0) is 14.9. The monoisotopic (exact) mass is 276 g/mol. The number of nitrogens with two attached hydrogens (primary N) is 1. The van der Waals surface area contributed by atoms with E-state index in [1.165, 1.54) is 22.8 Å². The molecule has 7 nitrogen and oxygen atoms in total. The molecule has 2 N–H and O–H groups in total. The van der Waals surface area contributed by atoms with Crippen molar-refractivity contribution >= 4 is 11.4 Å². The second-order valence-corrected chi connectivity index (χ2v) is 4.85. The standard InChI is InChI=1S/C13H16N4O3/c1-9(2)16-6-5-15(13(16)18)8-10-7-11(17(19)20)3-4-12(10)14/h3-7,9H,8,14H2,1-2H3. The number of non-ortho nitro benzene ring substituents is 1. The number of rotatable bonds is 4. The molecule has 1 aromatic heterocycles. The van der Waals surface area contributed by atoms with Crippen LogP contribution in [0.4, 0.5) is 11.4 Å². The Kier molecular flexibility index (Phi) is 3.60. The molecule has 20 heavy (non-hydrogen) atoms. The average molecular weight is 276 g/mol. The Bertz CT molecular complexity index is 700. The molecule has 1 heterocycles. The molecular formula is C13H16N4O3. The third-order valence-electron chi connectivity index (χ3n) is 3.11. The quantitative estimate of drug-likeness (QED) is 0.523. The lowest BCUT2D eigenvalue weighted by Gasteiger charge is -2.07. The molecule has 0 spiro atoms. The van der Waals surface area contributed by atoms with E-state index in [9.17, 15) is 14.9 Å². The Morgan fingerprint density at radius 2 is 2.05 bits per heavy atom. The smallest absolute Gasteiger partial charge is 0.328 e. The molecule has 0 aliphatic heterocycles. The number of aromatic nitrogens is 2. The van der Waals surface area contributed by atoms with Crippen molar-refractivity contribution in [2.24, 2.45) is 0 Å². The topological polar surface area (TPSA) is 96.1 Å². The SMILES string of the molecule is CC(C)n1ccn(Cc2cc([N+](=O)[O-])ccc2N)c1=O. The van der Waals surface area contributed by atoms with Gasteiger partial charge in [0.1, 0.15) is 0 Å². The van der Waals surface area contributed by atoms with E-state index in [1.807, 2.05) is 13.8 Å². The van der Waals surface area contributed by atoms with E-state index in [2.05, 4.69) is 0 Å². The molecule has 0 bridgehead atoms. The molecule has 7 heteroatoms. The fraction of sp³-hybridized carbons (Fsp3) is 0.308. The fourth-order valence-corrected chi connectivity index (χ4v) is 1.97. The Morgan fingerprint density at radius 3 is 2.60 bits per heavy atom. The first-order valence-electron chi connectivity index (χ1n) is 6.20. The Morgan fingerprint density at radius 1 is 1.35 bits per heavy atom. The Labute approximate surface area is 115 Å². The van der Waals surface area contributed by atoms with Crippen LogP contribution in [0.25, 0.3) is 0 Å². The molecule has 0 saturated heterocycles. The summed E-state index contributed by atoms with van der Waals surface area (Å²) in [5, 5.41) is 10.8. The first-order valence-corrected chi connectivity index (χ1v) is 6.20. The van der Waals surface area contributed by atoms with E-state index in [0.717, 1.165) is 0 Å². The number of anilines is 1. The van der Waals surface area contributed by atoms with E-state index in [1.54, 1.807) is 17.0 Å². The van der Waals surface area contributed by atoms with Crippen LogP contribution < -0.4 is 11.4 Å². The molecule has 0 saturated carbocycles. The number of nitro groups is 1. The number of imidazole rings is 1. The summed E-state index contributed by atoms with van der Waals surface area (Å²) in [7, 11) is 0. The number of benzene rings is 1. The minimum atomic E-state index is -0.481. The Hall–Kier alpha value is -2.57. The van der Waals surface area contributed by atoms with Gasteiger partial charge >= 0.3 is 5.69 Å². The Balaban J connectivity index is 2.37. The summed E-state index contributed by atoms with van der Waals surface area (Å²) in [4.78, 5) is 22.4. The molecule has 2 rings (SSSR count). The highest BCUT2D eigenvalue weighted by atomic mass is 16.6. The maximum absolute atomic E-state index is 12.1. The van der Waals surface area contributed by atoms with Crippen LogP contribution in [-0.4, -0.2) is 14.1 Å². The number of nitrogen functional groups attached to an aromatic ring is 1. The fourth-order valence-electron chi connectivity index (χ4n) is 1.97. The predicted octanol–water partition coefficient (Wildman–Crippen LogP) is 1.77. The van der Waals surface area contributed by atoms with Crippen LogP contribution >= 0.6 is 0 Å². The predicted molar refractivity (Wildman–Crippen MR) is 75.7 cm³/mol. The summed E-state index contributed by atoms with van der Waals surface area (Å²) < 4.78 is 3.07. The lowest BCUT2D eigenvalue weighted by Crippen LogP contribution is -2.25. The molecular weight excluding hydrogens is 260 g/mol. The minimum Gasteiger partial charge on any atom is -0.398 e. The maximum Gasteiger partial charge on any atom is 0.328 e. The van der Waals surface area contributed by atoms with Gasteiger partial charge in [0.05, 0.1) is 11.5 Å². The summed E-state index contributed by atoms with van der Waals surface area (Å²) in [6.07, 6.45) is 3.35. The van der Waals surface area contributed by atoms with Gasteiger partial charge in [-0.25, -0.2) is 4.79 Å². The van der Waals surface area contributed by atoms with Gasteiger partial charge in [0.15, 0.2) is 0 Å². The molecule has 0 unspecified atom stereocenters. The van der Waals surface area contributed by atoms with Gasteiger partial charge < -0.3 is 5.73 Å². The molecule has 0 radical (unpaired) electrons. The van der Waals surface area contributed by atoms with Gasteiger partial charge in [0, 0.05) is 41.8 Å². The van der Waals surface area contributed by atoms with Crippen molar-refractivity contribution in [3.8, 4) is 0 Å². The third kappa shape index (κ3) is 2.56. The molecule has 106 valence electrons. The number of nitro benzene ring substituents is 1. The van der Waals surface area contributed by atoms with Crippen molar-refractivity contribution in [2.45, 2.75) is 26.4 Å². The van der Waals surface area contributed by atoms with Gasteiger partial charge in [0.2, 0.25) is 0 Å². The lowest BCUT2D eigenvalue weighted by molar-refractivity contribution is -0.384. The van der Waals surface area contributed by atoms with Crippen LogP contribution in [-0.2, 0) is 6.54 Å². The van der Waals surface area contributed by atoms with E-state index >= 15 is 0 Å². The van der Waals surface area contributed by atoms with Crippen molar-refractivity contribution in [2.75, 3.05) is 5.73 Å². The highest BCUT2D eigenvalue weighted by molar-refractivity contribution is 5.52. The summed E-state index contributed by atoms with van der Waals surface area (Å²) in [6.45, 7) is 4.03. The van der Waals surface area contributed by atoms with Crippen LogP contribution in [0, 0.1) is 10.1 Å². The van der Waals surface area contributed by atoms with Crippen LogP contribution in [0.15, 0.2) is 35.4 Å². The molecule has 2 aromatic rings. The highest BCUT2D eigenvalue weighted by Crippen LogP contribution is 2.20. The van der Waals surface area contributed by atoms with Crippen LogP contribution in [0.1, 0.15) is 25.5 Å². The number of hydrogen-bond donors (Lipinski definition) is 1. The van der Waals surface area contributed by atoms with Crippen molar-refractivity contribution in [3.63, 3.8) is 0 Å². The molecule has 0 amide bonds. The van der Waals surface area contributed by atoms with Gasteiger partial charge in [0.25, 0.3) is 5.69 Å². The summed E-state index contributed by atoms with van der Waals surface area (Å²) in [5.41, 5.74) is 6.60. The van der Waals surface area contributed by atoms with Gasteiger partial charge in [-0.2, -0.15) is 0 Å². The number of hydrogen-bond acceptors (Lipinski definition) is 4. The minimum absolute atomic E-state index is 0.0365. The molecule has 0 fully saturated rings.